The second-order valence-electron chi connectivity index (χ2n) is 6.93. The van der Waals surface area contributed by atoms with Gasteiger partial charge in [0.1, 0.15) is 5.76 Å². The van der Waals surface area contributed by atoms with Gasteiger partial charge in [0.15, 0.2) is 0 Å². The van der Waals surface area contributed by atoms with Crippen LogP contribution in [0, 0.1) is 11.8 Å². The summed E-state index contributed by atoms with van der Waals surface area (Å²) in [6.45, 7) is 5.79. The number of rotatable bonds is 7. The molecule has 1 spiro atoms. The van der Waals surface area contributed by atoms with Crippen LogP contribution in [0.2, 0.25) is 0 Å². The molecule has 0 N–H and O–H groups in total. The van der Waals surface area contributed by atoms with Crippen molar-refractivity contribution >= 4 is 0 Å². The minimum absolute atomic E-state index is 0.107. The van der Waals surface area contributed by atoms with E-state index in [-0.39, 0.29) is 5.60 Å². The molecule has 1 aliphatic carbocycles. The van der Waals surface area contributed by atoms with E-state index in [9.17, 15) is 0 Å². The molecule has 1 unspecified atom stereocenters. The monoisotopic (exact) mass is 291 g/mol. The van der Waals surface area contributed by atoms with E-state index in [1.807, 2.05) is 12.1 Å². The van der Waals surface area contributed by atoms with Crippen LogP contribution in [0.4, 0.5) is 0 Å². The molecular weight excluding hydrogens is 266 g/mol. The Bertz CT molecular complexity index is 449. The summed E-state index contributed by atoms with van der Waals surface area (Å²) in [6.07, 6.45) is 6.84. The molecule has 2 saturated heterocycles. The third kappa shape index (κ3) is 3.03. The summed E-state index contributed by atoms with van der Waals surface area (Å²) < 4.78 is 17.3. The summed E-state index contributed by atoms with van der Waals surface area (Å²) in [6, 6.07) is 4.00. The lowest BCUT2D eigenvalue weighted by Gasteiger charge is -2.50. The maximum Gasteiger partial charge on any atom is 0.117 e. The minimum Gasteiger partial charge on any atom is -0.468 e. The molecule has 0 bridgehead atoms. The molecule has 4 nitrogen and oxygen atoms in total. The third-order valence-electron chi connectivity index (χ3n) is 5.20. The first-order valence-electron chi connectivity index (χ1n) is 8.30. The Kier molecular flexibility index (Phi) is 3.78. The van der Waals surface area contributed by atoms with Crippen molar-refractivity contribution in [3.63, 3.8) is 0 Å². The molecular formula is C17H25NO3. The highest BCUT2D eigenvalue weighted by Gasteiger charge is 2.52. The van der Waals surface area contributed by atoms with Crippen LogP contribution in [0.25, 0.3) is 0 Å². The molecule has 3 aliphatic rings. The van der Waals surface area contributed by atoms with Crippen LogP contribution in [-0.2, 0) is 16.0 Å². The predicted molar refractivity (Wildman–Crippen MR) is 78.9 cm³/mol. The van der Waals surface area contributed by atoms with E-state index in [4.69, 9.17) is 13.9 Å². The SMILES string of the molecule is c1coc(CN2CC3(C2)OCCC3CCOCC2CC2)c1. The standard InChI is InChI=1S/C17H25NO3/c1-2-16(20-7-1)10-18-12-17(13-18)15(6-9-21-17)5-8-19-11-14-3-4-14/h1-2,7,14-15H,3-6,8-13H2. The molecule has 2 aliphatic heterocycles. The molecule has 1 aromatic heterocycles. The highest BCUT2D eigenvalue weighted by molar-refractivity contribution is 5.07. The van der Waals surface area contributed by atoms with Crippen LogP contribution in [0.15, 0.2) is 22.8 Å². The van der Waals surface area contributed by atoms with Crippen LogP contribution in [0.5, 0.6) is 0 Å². The molecule has 1 atom stereocenters. The van der Waals surface area contributed by atoms with E-state index in [1.165, 1.54) is 19.3 Å². The Morgan fingerprint density at radius 1 is 1.29 bits per heavy atom. The van der Waals surface area contributed by atoms with Crippen molar-refractivity contribution in [1.29, 1.82) is 0 Å². The van der Waals surface area contributed by atoms with E-state index in [1.54, 1.807) is 6.26 Å². The fraction of sp³-hybridized carbons (Fsp3) is 0.765. The molecule has 0 radical (unpaired) electrons. The fourth-order valence-electron chi connectivity index (χ4n) is 3.75. The van der Waals surface area contributed by atoms with Gasteiger partial charge in [-0.15, -0.1) is 0 Å². The summed E-state index contributed by atoms with van der Waals surface area (Å²) >= 11 is 0. The van der Waals surface area contributed by atoms with Gasteiger partial charge in [-0.2, -0.15) is 0 Å². The number of furan rings is 1. The van der Waals surface area contributed by atoms with Gasteiger partial charge < -0.3 is 13.9 Å². The summed E-state index contributed by atoms with van der Waals surface area (Å²) in [5.74, 6) is 2.59. The van der Waals surface area contributed by atoms with E-state index in [2.05, 4.69) is 4.90 Å². The van der Waals surface area contributed by atoms with E-state index < -0.39 is 0 Å². The maximum atomic E-state index is 6.10. The number of nitrogens with zero attached hydrogens (tertiary/aromatic N) is 1. The number of hydrogen-bond acceptors (Lipinski definition) is 4. The van der Waals surface area contributed by atoms with E-state index >= 15 is 0 Å². The van der Waals surface area contributed by atoms with Crippen molar-refractivity contribution in [2.45, 2.75) is 37.8 Å². The second kappa shape index (κ2) is 5.75. The van der Waals surface area contributed by atoms with Crippen molar-refractivity contribution in [1.82, 2.24) is 4.90 Å². The zero-order chi connectivity index (χ0) is 14.1. The highest BCUT2D eigenvalue weighted by atomic mass is 16.5. The van der Waals surface area contributed by atoms with Gasteiger partial charge >= 0.3 is 0 Å². The van der Waals surface area contributed by atoms with Crippen LogP contribution >= 0.6 is 0 Å². The Morgan fingerprint density at radius 3 is 2.95 bits per heavy atom. The zero-order valence-electron chi connectivity index (χ0n) is 12.6. The lowest BCUT2D eigenvalue weighted by molar-refractivity contribution is -0.140. The lowest BCUT2D eigenvalue weighted by atomic mass is 9.79. The molecule has 4 rings (SSSR count). The van der Waals surface area contributed by atoms with Gasteiger partial charge in [-0.3, -0.25) is 4.90 Å². The minimum atomic E-state index is 0.107. The molecule has 3 fully saturated rings. The topological polar surface area (TPSA) is 34.8 Å². The number of hydrogen-bond donors (Lipinski definition) is 0. The van der Waals surface area contributed by atoms with Crippen molar-refractivity contribution in [3.05, 3.63) is 24.2 Å². The van der Waals surface area contributed by atoms with Gasteiger partial charge in [0.05, 0.1) is 18.4 Å². The zero-order valence-corrected chi connectivity index (χ0v) is 12.6. The molecule has 21 heavy (non-hydrogen) atoms. The first-order valence-corrected chi connectivity index (χ1v) is 8.30. The second-order valence-corrected chi connectivity index (χ2v) is 6.93. The molecule has 1 aromatic rings. The molecule has 1 saturated carbocycles. The summed E-state index contributed by atoms with van der Waals surface area (Å²) in [5, 5.41) is 0. The van der Waals surface area contributed by atoms with Crippen molar-refractivity contribution < 1.29 is 13.9 Å². The molecule has 0 aromatic carbocycles. The quantitative estimate of drug-likeness (QED) is 0.724. The van der Waals surface area contributed by atoms with Crippen molar-refractivity contribution in [2.24, 2.45) is 11.8 Å². The number of ether oxygens (including phenoxy) is 2. The van der Waals surface area contributed by atoms with Gasteiger partial charge in [0.2, 0.25) is 0 Å². The Hall–Kier alpha value is -0.840. The van der Waals surface area contributed by atoms with E-state index in [0.29, 0.717) is 5.92 Å². The highest BCUT2D eigenvalue weighted by Crippen LogP contribution is 2.42. The maximum absolute atomic E-state index is 6.10. The molecule has 4 heteroatoms. The average Bonchev–Trinajstić information content (AvgIpc) is 2.96. The number of likely N-dealkylation sites (tertiary alicyclic amines) is 1. The van der Waals surface area contributed by atoms with Gasteiger partial charge in [-0.25, -0.2) is 0 Å². The van der Waals surface area contributed by atoms with Crippen LogP contribution in [0.1, 0.15) is 31.4 Å². The summed E-state index contributed by atoms with van der Waals surface area (Å²) in [4.78, 5) is 2.42. The Labute approximate surface area is 126 Å². The Balaban J connectivity index is 1.22. The van der Waals surface area contributed by atoms with Crippen molar-refractivity contribution in [3.8, 4) is 0 Å². The lowest BCUT2D eigenvalue weighted by Crippen LogP contribution is -2.64. The Morgan fingerprint density at radius 2 is 2.19 bits per heavy atom. The van der Waals surface area contributed by atoms with Crippen molar-refractivity contribution in [2.75, 3.05) is 32.9 Å². The van der Waals surface area contributed by atoms with Gasteiger partial charge in [-0.1, -0.05) is 0 Å². The third-order valence-corrected chi connectivity index (χ3v) is 5.20. The van der Waals surface area contributed by atoms with Gasteiger partial charge in [0, 0.05) is 32.9 Å². The van der Waals surface area contributed by atoms with Gasteiger partial charge in [0.25, 0.3) is 0 Å². The molecule has 0 amide bonds. The average molecular weight is 291 g/mol. The summed E-state index contributed by atoms with van der Waals surface area (Å²) in [7, 11) is 0. The normalized spacial score (nSPS) is 28.1. The molecule has 3 heterocycles. The first kappa shape index (κ1) is 13.8. The first-order chi connectivity index (χ1) is 10.3. The van der Waals surface area contributed by atoms with Gasteiger partial charge in [-0.05, 0) is 49.7 Å². The van der Waals surface area contributed by atoms with Crippen LogP contribution in [-0.4, -0.2) is 43.4 Å². The summed E-state index contributed by atoms with van der Waals surface area (Å²) in [5.41, 5.74) is 0.107. The van der Waals surface area contributed by atoms with E-state index in [0.717, 1.165) is 57.6 Å². The largest absolute Gasteiger partial charge is 0.468 e. The molecule has 116 valence electrons. The van der Waals surface area contributed by atoms with Crippen LogP contribution in [0.3, 0.4) is 0 Å². The van der Waals surface area contributed by atoms with Crippen LogP contribution < -0.4 is 0 Å². The fourth-order valence-corrected chi connectivity index (χ4v) is 3.75. The smallest absolute Gasteiger partial charge is 0.117 e. The predicted octanol–water partition coefficient (Wildman–Crippen LogP) is 2.69.